The Bertz CT molecular complexity index is 861. The number of amides is 2. The maximum Gasteiger partial charge on any atom is 0.262 e. The summed E-state index contributed by atoms with van der Waals surface area (Å²) < 4.78 is 6.68. The number of carbonyl (C=O) groups is 2. The van der Waals surface area contributed by atoms with Gasteiger partial charge in [0, 0.05) is 17.6 Å². The molecule has 0 spiro atoms. The molecular formula is C21H23BrN2O3. The SMILES string of the molecule is Cc1cc(OCC(=O)Nc2ccccc2C(=O)N2CCCC2)c(C)cc1Br. The topological polar surface area (TPSA) is 58.6 Å². The standard InChI is InChI=1S/C21H23BrN2O3/c1-14-12-19(15(2)11-17(14)22)27-13-20(25)23-18-8-4-3-7-16(18)21(26)24-9-5-6-10-24/h3-4,7-8,11-12H,5-6,9-10,13H2,1-2H3,(H,23,25). The van der Waals surface area contributed by atoms with Crippen LogP contribution in [0, 0.1) is 13.8 Å². The highest BCUT2D eigenvalue weighted by atomic mass is 79.9. The molecular weight excluding hydrogens is 408 g/mol. The van der Waals surface area contributed by atoms with Gasteiger partial charge in [0.1, 0.15) is 5.75 Å². The zero-order valence-corrected chi connectivity index (χ0v) is 17.1. The summed E-state index contributed by atoms with van der Waals surface area (Å²) in [5, 5.41) is 2.81. The summed E-state index contributed by atoms with van der Waals surface area (Å²) in [6.07, 6.45) is 2.06. The Morgan fingerprint density at radius 1 is 1.11 bits per heavy atom. The van der Waals surface area contributed by atoms with E-state index in [4.69, 9.17) is 4.74 Å². The molecule has 1 heterocycles. The quantitative estimate of drug-likeness (QED) is 0.767. The maximum absolute atomic E-state index is 12.7. The van der Waals surface area contributed by atoms with E-state index in [-0.39, 0.29) is 18.4 Å². The number of anilines is 1. The van der Waals surface area contributed by atoms with E-state index in [1.807, 2.05) is 36.9 Å². The molecule has 27 heavy (non-hydrogen) atoms. The van der Waals surface area contributed by atoms with E-state index < -0.39 is 0 Å². The second kappa shape index (κ2) is 8.57. The molecule has 0 bridgehead atoms. The van der Waals surface area contributed by atoms with Crippen molar-refractivity contribution in [3.05, 3.63) is 57.6 Å². The van der Waals surface area contributed by atoms with Crippen molar-refractivity contribution >= 4 is 33.4 Å². The first-order valence-corrected chi connectivity index (χ1v) is 9.82. The van der Waals surface area contributed by atoms with Gasteiger partial charge in [-0.25, -0.2) is 0 Å². The van der Waals surface area contributed by atoms with Crippen LogP contribution >= 0.6 is 15.9 Å². The highest BCUT2D eigenvalue weighted by molar-refractivity contribution is 9.10. The van der Waals surface area contributed by atoms with Crippen molar-refractivity contribution in [1.82, 2.24) is 4.90 Å². The Morgan fingerprint density at radius 2 is 1.81 bits per heavy atom. The Morgan fingerprint density at radius 3 is 2.56 bits per heavy atom. The van der Waals surface area contributed by atoms with Crippen molar-refractivity contribution in [2.75, 3.05) is 25.0 Å². The van der Waals surface area contributed by atoms with Gasteiger partial charge >= 0.3 is 0 Å². The van der Waals surface area contributed by atoms with Crippen molar-refractivity contribution in [3.63, 3.8) is 0 Å². The van der Waals surface area contributed by atoms with Gasteiger partial charge in [-0.15, -0.1) is 0 Å². The molecule has 1 aliphatic rings. The molecule has 1 fully saturated rings. The second-order valence-electron chi connectivity index (χ2n) is 6.75. The molecule has 0 saturated carbocycles. The zero-order chi connectivity index (χ0) is 19.4. The molecule has 1 saturated heterocycles. The minimum atomic E-state index is -0.295. The number of nitrogens with zero attached hydrogens (tertiary/aromatic N) is 1. The molecule has 0 radical (unpaired) electrons. The van der Waals surface area contributed by atoms with Crippen LogP contribution in [0.1, 0.15) is 34.3 Å². The van der Waals surface area contributed by atoms with Gasteiger partial charge in [0.05, 0.1) is 11.3 Å². The van der Waals surface area contributed by atoms with Gasteiger partial charge < -0.3 is 15.0 Å². The highest BCUT2D eigenvalue weighted by Crippen LogP contribution is 2.26. The van der Waals surface area contributed by atoms with E-state index in [1.165, 1.54) is 0 Å². The van der Waals surface area contributed by atoms with E-state index in [9.17, 15) is 9.59 Å². The number of likely N-dealkylation sites (tertiary alicyclic amines) is 1. The molecule has 142 valence electrons. The van der Waals surface area contributed by atoms with Gasteiger partial charge in [0.25, 0.3) is 11.8 Å². The van der Waals surface area contributed by atoms with E-state index in [0.717, 1.165) is 41.5 Å². The molecule has 0 atom stereocenters. The highest BCUT2D eigenvalue weighted by Gasteiger charge is 2.22. The molecule has 1 N–H and O–H groups in total. The van der Waals surface area contributed by atoms with Gasteiger partial charge in [-0.1, -0.05) is 28.1 Å². The van der Waals surface area contributed by atoms with Crippen molar-refractivity contribution in [2.45, 2.75) is 26.7 Å². The molecule has 0 aromatic heterocycles. The molecule has 1 aliphatic heterocycles. The average Bonchev–Trinajstić information content (AvgIpc) is 3.18. The number of benzene rings is 2. The van der Waals surface area contributed by atoms with Crippen LogP contribution < -0.4 is 10.1 Å². The maximum atomic E-state index is 12.7. The number of nitrogens with one attached hydrogen (secondary N) is 1. The van der Waals surface area contributed by atoms with Gasteiger partial charge in [-0.05, 0) is 62.1 Å². The third kappa shape index (κ3) is 4.69. The summed E-state index contributed by atoms with van der Waals surface area (Å²) in [6, 6.07) is 11.0. The zero-order valence-electron chi connectivity index (χ0n) is 15.5. The molecule has 5 nitrogen and oxygen atoms in total. The summed E-state index contributed by atoms with van der Waals surface area (Å²) in [6.45, 7) is 5.32. The number of ether oxygens (including phenoxy) is 1. The molecule has 6 heteroatoms. The van der Waals surface area contributed by atoms with E-state index in [1.54, 1.807) is 18.2 Å². The van der Waals surface area contributed by atoms with Crippen LogP contribution in [0.2, 0.25) is 0 Å². The van der Waals surface area contributed by atoms with Gasteiger partial charge in [0.15, 0.2) is 6.61 Å². The lowest BCUT2D eigenvalue weighted by Gasteiger charge is -2.18. The fraction of sp³-hybridized carbons (Fsp3) is 0.333. The molecule has 2 aromatic rings. The van der Waals surface area contributed by atoms with Gasteiger partial charge in [-0.3, -0.25) is 9.59 Å². The number of hydrogen-bond acceptors (Lipinski definition) is 3. The second-order valence-corrected chi connectivity index (χ2v) is 7.60. The van der Waals surface area contributed by atoms with Gasteiger partial charge in [-0.2, -0.15) is 0 Å². The summed E-state index contributed by atoms with van der Waals surface area (Å²) in [7, 11) is 0. The van der Waals surface area contributed by atoms with Crippen molar-refractivity contribution in [1.29, 1.82) is 0 Å². The first-order valence-electron chi connectivity index (χ1n) is 9.03. The van der Waals surface area contributed by atoms with Crippen molar-refractivity contribution in [2.24, 2.45) is 0 Å². The lowest BCUT2D eigenvalue weighted by molar-refractivity contribution is -0.118. The number of rotatable bonds is 5. The monoisotopic (exact) mass is 430 g/mol. The third-order valence-corrected chi connectivity index (χ3v) is 5.49. The first-order chi connectivity index (χ1) is 13.0. The fourth-order valence-electron chi connectivity index (χ4n) is 3.11. The van der Waals surface area contributed by atoms with Crippen LogP contribution in [-0.4, -0.2) is 36.4 Å². The Hall–Kier alpha value is -2.34. The van der Waals surface area contributed by atoms with Crippen LogP contribution in [0.4, 0.5) is 5.69 Å². The minimum Gasteiger partial charge on any atom is -0.483 e. The lowest BCUT2D eigenvalue weighted by atomic mass is 10.1. The van der Waals surface area contributed by atoms with Crippen molar-refractivity contribution in [3.8, 4) is 5.75 Å². The smallest absolute Gasteiger partial charge is 0.262 e. The minimum absolute atomic E-state index is 0.0382. The first kappa shape index (κ1) is 19.4. The largest absolute Gasteiger partial charge is 0.483 e. The molecule has 0 aliphatic carbocycles. The van der Waals surface area contributed by atoms with Crippen LogP contribution in [-0.2, 0) is 4.79 Å². The number of carbonyl (C=O) groups excluding carboxylic acids is 2. The Labute approximate surface area is 167 Å². The Balaban J connectivity index is 1.66. The lowest BCUT2D eigenvalue weighted by Crippen LogP contribution is -2.29. The Kier molecular flexibility index (Phi) is 6.16. The summed E-state index contributed by atoms with van der Waals surface area (Å²) in [5.74, 6) is 0.340. The predicted octanol–water partition coefficient (Wildman–Crippen LogP) is 4.32. The molecule has 0 unspecified atom stereocenters. The van der Waals surface area contributed by atoms with E-state index in [0.29, 0.717) is 17.0 Å². The average molecular weight is 431 g/mol. The number of hydrogen-bond donors (Lipinski definition) is 1. The molecule has 3 rings (SSSR count). The molecule has 2 aromatic carbocycles. The van der Waals surface area contributed by atoms with E-state index >= 15 is 0 Å². The van der Waals surface area contributed by atoms with Gasteiger partial charge in [0.2, 0.25) is 0 Å². The molecule has 2 amide bonds. The number of halogens is 1. The van der Waals surface area contributed by atoms with E-state index in [2.05, 4.69) is 21.2 Å². The summed E-state index contributed by atoms with van der Waals surface area (Å²) in [4.78, 5) is 26.9. The summed E-state index contributed by atoms with van der Waals surface area (Å²) in [5.41, 5.74) is 3.03. The fourth-order valence-corrected chi connectivity index (χ4v) is 3.57. The van der Waals surface area contributed by atoms with Crippen LogP contribution in [0.3, 0.4) is 0 Å². The summed E-state index contributed by atoms with van der Waals surface area (Å²) >= 11 is 3.48. The number of para-hydroxylation sites is 1. The van der Waals surface area contributed by atoms with Crippen LogP contribution in [0.25, 0.3) is 0 Å². The predicted molar refractivity (Wildman–Crippen MR) is 109 cm³/mol. The number of aryl methyl sites for hydroxylation is 2. The van der Waals surface area contributed by atoms with Crippen molar-refractivity contribution < 1.29 is 14.3 Å². The van der Waals surface area contributed by atoms with Crippen LogP contribution in [0.15, 0.2) is 40.9 Å². The van der Waals surface area contributed by atoms with Crippen LogP contribution in [0.5, 0.6) is 5.75 Å². The normalized spacial score (nSPS) is 13.5. The third-order valence-electron chi connectivity index (χ3n) is 4.64.